The molecule has 0 bridgehead atoms. The molecule has 1 aliphatic rings. The van der Waals surface area contributed by atoms with Gasteiger partial charge < -0.3 is 20.3 Å². The van der Waals surface area contributed by atoms with E-state index in [4.69, 9.17) is 16.3 Å². The molecule has 1 atom stereocenters. The largest absolute Gasteiger partial charge is 0.383 e. The second kappa shape index (κ2) is 10.9. The van der Waals surface area contributed by atoms with Crippen LogP contribution in [0.15, 0.2) is 48.5 Å². The molecule has 0 radical (unpaired) electrons. The van der Waals surface area contributed by atoms with Crippen LogP contribution in [0.5, 0.6) is 0 Å². The summed E-state index contributed by atoms with van der Waals surface area (Å²) >= 11 is 6.28. The number of carbonyl (C=O) groups excluding carboxylic acids is 3. The van der Waals surface area contributed by atoms with Crippen molar-refractivity contribution < 1.29 is 19.1 Å². The van der Waals surface area contributed by atoms with Gasteiger partial charge in [0.05, 0.1) is 17.2 Å². The van der Waals surface area contributed by atoms with Gasteiger partial charge in [-0.15, -0.1) is 0 Å². The summed E-state index contributed by atoms with van der Waals surface area (Å²) in [5.41, 5.74) is 1.51. The molecule has 0 aromatic heterocycles. The number of carbonyl (C=O) groups is 3. The second-order valence-electron chi connectivity index (χ2n) is 7.29. The predicted octanol–water partition coefficient (Wildman–Crippen LogP) is 3.41. The number of benzene rings is 2. The summed E-state index contributed by atoms with van der Waals surface area (Å²) in [5, 5.41) is 5.78. The van der Waals surface area contributed by atoms with Crippen LogP contribution in [0.2, 0.25) is 5.02 Å². The Morgan fingerprint density at radius 3 is 2.61 bits per heavy atom. The van der Waals surface area contributed by atoms with Gasteiger partial charge in [0.25, 0.3) is 11.8 Å². The first kappa shape index (κ1) is 22.8. The summed E-state index contributed by atoms with van der Waals surface area (Å²) in [6.07, 6.45) is 2.14. The highest BCUT2D eigenvalue weighted by Gasteiger charge is 2.32. The Morgan fingerprint density at radius 2 is 1.94 bits per heavy atom. The first-order valence-electron chi connectivity index (χ1n) is 10.2. The van der Waals surface area contributed by atoms with Gasteiger partial charge in [-0.1, -0.05) is 41.9 Å². The zero-order valence-corrected chi connectivity index (χ0v) is 18.2. The number of ether oxygens (including phenoxy) is 1. The number of methoxy groups -OCH3 is 1. The van der Waals surface area contributed by atoms with Crippen molar-refractivity contribution in [3.8, 4) is 0 Å². The van der Waals surface area contributed by atoms with Crippen molar-refractivity contribution in [2.45, 2.75) is 25.3 Å². The van der Waals surface area contributed by atoms with E-state index >= 15 is 0 Å². The van der Waals surface area contributed by atoms with Crippen LogP contribution in [0.1, 0.15) is 41.2 Å². The topological polar surface area (TPSA) is 87.7 Å². The number of hydrogen-bond acceptors (Lipinski definition) is 4. The minimum absolute atomic E-state index is 0.0311. The summed E-state index contributed by atoms with van der Waals surface area (Å²) in [7, 11) is 1.55. The average Bonchev–Trinajstić information content (AvgIpc) is 2.76. The third kappa shape index (κ3) is 5.83. The van der Waals surface area contributed by atoms with Crippen LogP contribution in [0, 0.1) is 0 Å². The van der Waals surface area contributed by atoms with Crippen LogP contribution >= 0.6 is 11.6 Å². The number of amides is 3. The zero-order valence-electron chi connectivity index (χ0n) is 17.4. The number of nitrogens with one attached hydrogen (secondary N) is 2. The molecular formula is C23H26ClN3O4. The van der Waals surface area contributed by atoms with Gasteiger partial charge in [-0.25, -0.2) is 0 Å². The van der Waals surface area contributed by atoms with Gasteiger partial charge in [0, 0.05) is 32.3 Å². The molecule has 1 fully saturated rings. The fraction of sp³-hybridized carbons (Fsp3) is 0.348. The van der Waals surface area contributed by atoms with E-state index in [1.165, 1.54) is 6.07 Å². The van der Waals surface area contributed by atoms with Gasteiger partial charge >= 0.3 is 0 Å². The summed E-state index contributed by atoms with van der Waals surface area (Å²) in [4.78, 5) is 39.6. The minimum Gasteiger partial charge on any atom is -0.383 e. The van der Waals surface area contributed by atoms with Crippen LogP contribution in [0.4, 0.5) is 5.69 Å². The van der Waals surface area contributed by atoms with Crippen molar-refractivity contribution in [1.82, 2.24) is 10.2 Å². The molecule has 0 spiro atoms. The number of piperidine rings is 1. The average molecular weight is 444 g/mol. The first-order chi connectivity index (χ1) is 15.0. The molecule has 3 rings (SSSR count). The van der Waals surface area contributed by atoms with Crippen molar-refractivity contribution in [1.29, 1.82) is 0 Å². The lowest BCUT2D eigenvalue weighted by Crippen LogP contribution is -2.43. The Kier molecular flexibility index (Phi) is 8.03. The highest BCUT2D eigenvalue weighted by atomic mass is 35.5. The van der Waals surface area contributed by atoms with Crippen molar-refractivity contribution in [2.24, 2.45) is 0 Å². The first-order valence-corrected chi connectivity index (χ1v) is 10.6. The molecule has 1 heterocycles. The van der Waals surface area contributed by atoms with Crippen molar-refractivity contribution >= 4 is 35.0 Å². The number of anilines is 1. The van der Waals surface area contributed by atoms with Gasteiger partial charge in [0.2, 0.25) is 5.91 Å². The zero-order chi connectivity index (χ0) is 22.2. The van der Waals surface area contributed by atoms with E-state index < -0.39 is 6.04 Å². The predicted molar refractivity (Wildman–Crippen MR) is 119 cm³/mol. The van der Waals surface area contributed by atoms with Gasteiger partial charge in [-0.3, -0.25) is 14.4 Å². The van der Waals surface area contributed by atoms with Crippen LogP contribution in [0.3, 0.4) is 0 Å². The molecule has 31 heavy (non-hydrogen) atoms. The van der Waals surface area contributed by atoms with Gasteiger partial charge in [0.15, 0.2) is 0 Å². The quantitative estimate of drug-likeness (QED) is 0.612. The van der Waals surface area contributed by atoms with Crippen molar-refractivity contribution in [2.75, 3.05) is 32.1 Å². The van der Waals surface area contributed by atoms with E-state index in [0.717, 1.165) is 18.4 Å². The summed E-state index contributed by atoms with van der Waals surface area (Å²) in [5.74, 6) is -0.674. The lowest BCUT2D eigenvalue weighted by Gasteiger charge is -2.34. The second-order valence-corrected chi connectivity index (χ2v) is 7.70. The minimum atomic E-state index is -0.732. The van der Waals surface area contributed by atoms with E-state index in [9.17, 15) is 14.4 Å². The highest BCUT2D eigenvalue weighted by Crippen LogP contribution is 2.28. The lowest BCUT2D eigenvalue weighted by atomic mass is 10.0. The molecule has 2 aromatic carbocycles. The molecule has 2 N–H and O–H groups in total. The fourth-order valence-electron chi connectivity index (χ4n) is 3.56. The Morgan fingerprint density at radius 1 is 1.16 bits per heavy atom. The molecule has 3 amide bonds. The molecular weight excluding hydrogens is 418 g/mol. The molecule has 1 aliphatic heterocycles. The van der Waals surface area contributed by atoms with Gasteiger partial charge in [0.1, 0.15) is 6.04 Å². The molecule has 164 valence electrons. The Hall–Kier alpha value is -2.90. The number of rotatable bonds is 8. The summed E-state index contributed by atoms with van der Waals surface area (Å²) in [6, 6.07) is 13.2. The molecule has 8 heteroatoms. The van der Waals surface area contributed by atoms with Crippen molar-refractivity contribution in [3.05, 3.63) is 64.7 Å². The lowest BCUT2D eigenvalue weighted by molar-refractivity contribution is -0.141. The van der Waals surface area contributed by atoms with E-state index in [2.05, 4.69) is 10.6 Å². The maximum Gasteiger partial charge on any atom is 0.252 e. The van der Waals surface area contributed by atoms with Crippen molar-refractivity contribution in [3.63, 3.8) is 0 Å². The van der Waals surface area contributed by atoms with Crippen LogP contribution in [0.25, 0.3) is 0 Å². The van der Waals surface area contributed by atoms with Crippen LogP contribution in [-0.4, -0.2) is 49.4 Å². The van der Waals surface area contributed by atoms with Crippen LogP contribution < -0.4 is 10.6 Å². The Labute approximate surface area is 186 Å². The maximum atomic E-state index is 13.2. The maximum absolute atomic E-state index is 13.2. The Balaban J connectivity index is 1.78. The third-order valence-corrected chi connectivity index (χ3v) is 5.42. The number of hydrogen-bond donors (Lipinski definition) is 2. The third-order valence-electron chi connectivity index (χ3n) is 5.11. The highest BCUT2D eigenvalue weighted by molar-refractivity contribution is 6.34. The SMILES string of the molecule is COCCNC(=O)c1ccc(NC(=O)C(c2ccccc2)N2CCCCC2=O)cc1Cl. The molecule has 0 saturated carbocycles. The smallest absolute Gasteiger partial charge is 0.252 e. The molecule has 1 saturated heterocycles. The monoisotopic (exact) mass is 443 g/mol. The standard InChI is InChI=1S/C23H26ClN3O4/c1-31-14-12-25-22(29)18-11-10-17(15-19(18)24)26-23(30)21(16-7-3-2-4-8-16)27-13-6-5-9-20(27)28/h2-4,7-8,10-11,15,21H,5-6,9,12-14H2,1H3,(H,25,29)(H,26,30). The molecule has 7 nitrogen and oxygen atoms in total. The van der Waals surface area contributed by atoms with E-state index in [1.54, 1.807) is 24.1 Å². The number of nitrogens with zero attached hydrogens (tertiary/aromatic N) is 1. The Bertz CT molecular complexity index is 936. The molecule has 2 aromatic rings. The summed E-state index contributed by atoms with van der Waals surface area (Å²) in [6.45, 7) is 1.30. The molecule has 1 unspecified atom stereocenters. The molecule has 0 aliphatic carbocycles. The van der Waals surface area contributed by atoms with E-state index in [0.29, 0.717) is 37.4 Å². The van der Waals surface area contributed by atoms with Crippen LogP contribution in [-0.2, 0) is 14.3 Å². The number of halogens is 1. The van der Waals surface area contributed by atoms with Gasteiger partial charge in [-0.05, 0) is 36.6 Å². The fourth-order valence-corrected chi connectivity index (χ4v) is 3.82. The van der Waals surface area contributed by atoms with E-state index in [-0.39, 0.29) is 22.7 Å². The number of likely N-dealkylation sites (tertiary alicyclic amines) is 1. The summed E-state index contributed by atoms with van der Waals surface area (Å²) < 4.78 is 4.91. The normalized spacial score (nSPS) is 14.8. The van der Waals surface area contributed by atoms with E-state index in [1.807, 2.05) is 30.3 Å². The van der Waals surface area contributed by atoms with Gasteiger partial charge in [-0.2, -0.15) is 0 Å².